The van der Waals surface area contributed by atoms with Gasteiger partial charge in [0.25, 0.3) is 0 Å². The Morgan fingerprint density at radius 2 is 2.06 bits per heavy atom. The van der Waals surface area contributed by atoms with Crippen molar-refractivity contribution in [2.45, 2.75) is 31.6 Å². The number of benzene rings is 1. The van der Waals surface area contributed by atoms with E-state index in [0.717, 1.165) is 12.8 Å². The van der Waals surface area contributed by atoms with Crippen molar-refractivity contribution >= 4 is 15.7 Å². The highest BCUT2D eigenvalue weighted by molar-refractivity contribution is 7.89. The Morgan fingerprint density at radius 1 is 1.33 bits per heavy atom. The van der Waals surface area contributed by atoms with Crippen LogP contribution in [-0.4, -0.2) is 21.6 Å². The Balaban J connectivity index is 3.01. The number of hydrogen-bond acceptors (Lipinski definition) is 4. The van der Waals surface area contributed by atoms with E-state index in [9.17, 15) is 8.42 Å². The fourth-order valence-electron chi connectivity index (χ4n) is 1.47. The van der Waals surface area contributed by atoms with Gasteiger partial charge in [0.15, 0.2) is 0 Å². The zero-order valence-electron chi connectivity index (χ0n) is 10.8. The van der Waals surface area contributed by atoms with E-state index in [2.05, 4.69) is 4.72 Å². The number of unbranched alkanes of at least 4 members (excludes halogenated alkanes) is 1. The highest BCUT2D eigenvalue weighted by Crippen LogP contribution is 2.26. The fourth-order valence-corrected chi connectivity index (χ4v) is 2.72. The van der Waals surface area contributed by atoms with Crippen LogP contribution in [0.5, 0.6) is 5.75 Å². The second-order valence-corrected chi connectivity index (χ2v) is 5.63. The third kappa shape index (κ3) is 3.89. The maximum atomic E-state index is 12.1. The molecule has 0 heterocycles. The average Bonchev–Trinajstić information content (AvgIpc) is 2.32. The predicted octanol–water partition coefficient (Wildman–Crippen LogP) is 1.75. The SMILES string of the molecule is CCCCNS(=O)(=O)c1cc(N)ccc1OCC. The van der Waals surface area contributed by atoms with Crippen molar-refractivity contribution in [1.29, 1.82) is 0 Å². The van der Waals surface area contributed by atoms with E-state index in [1.165, 1.54) is 6.07 Å². The average molecular weight is 272 g/mol. The van der Waals surface area contributed by atoms with Gasteiger partial charge in [0.05, 0.1) is 6.61 Å². The third-order valence-corrected chi connectivity index (χ3v) is 3.86. The molecular weight excluding hydrogens is 252 g/mol. The molecular formula is C12H20N2O3S. The van der Waals surface area contributed by atoms with Crippen molar-refractivity contribution in [2.24, 2.45) is 0 Å². The summed E-state index contributed by atoms with van der Waals surface area (Å²) in [6.45, 7) is 4.62. The van der Waals surface area contributed by atoms with Crippen molar-refractivity contribution < 1.29 is 13.2 Å². The Labute approximate surface area is 108 Å². The molecule has 0 amide bonds. The molecule has 0 aliphatic rings. The monoisotopic (exact) mass is 272 g/mol. The van der Waals surface area contributed by atoms with Crippen LogP contribution in [0, 0.1) is 0 Å². The Kier molecular flexibility index (Phi) is 5.43. The third-order valence-electron chi connectivity index (χ3n) is 2.38. The van der Waals surface area contributed by atoms with Crippen LogP contribution in [0.15, 0.2) is 23.1 Å². The summed E-state index contributed by atoms with van der Waals surface area (Å²) in [7, 11) is -3.56. The second kappa shape index (κ2) is 6.61. The summed E-state index contributed by atoms with van der Waals surface area (Å²) in [5.74, 6) is 0.329. The van der Waals surface area contributed by atoms with E-state index in [1.807, 2.05) is 6.92 Å². The molecule has 0 saturated heterocycles. The first-order chi connectivity index (χ1) is 8.51. The van der Waals surface area contributed by atoms with Crippen molar-refractivity contribution in [3.8, 4) is 5.75 Å². The summed E-state index contributed by atoms with van der Waals surface area (Å²) >= 11 is 0. The second-order valence-electron chi connectivity index (χ2n) is 3.89. The lowest BCUT2D eigenvalue weighted by Gasteiger charge is -2.12. The molecule has 0 atom stereocenters. The van der Waals surface area contributed by atoms with Crippen LogP contribution in [0.2, 0.25) is 0 Å². The lowest BCUT2D eigenvalue weighted by Crippen LogP contribution is -2.25. The first-order valence-corrected chi connectivity index (χ1v) is 7.51. The van der Waals surface area contributed by atoms with Crippen LogP contribution in [0.4, 0.5) is 5.69 Å². The molecule has 102 valence electrons. The number of nitrogens with two attached hydrogens (primary N) is 1. The van der Waals surface area contributed by atoms with Crippen LogP contribution >= 0.6 is 0 Å². The molecule has 0 spiro atoms. The molecule has 0 saturated carbocycles. The minimum Gasteiger partial charge on any atom is -0.492 e. The van der Waals surface area contributed by atoms with Gasteiger partial charge in [0, 0.05) is 12.2 Å². The van der Waals surface area contributed by atoms with Gasteiger partial charge in [0.2, 0.25) is 10.0 Å². The van der Waals surface area contributed by atoms with Crippen LogP contribution < -0.4 is 15.2 Å². The Bertz CT molecular complexity index is 486. The molecule has 6 heteroatoms. The molecule has 0 fully saturated rings. The van der Waals surface area contributed by atoms with Crippen molar-refractivity contribution in [3.05, 3.63) is 18.2 Å². The normalized spacial score (nSPS) is 11.4. The highest BCUT2D eigenvalue weighted by atomic mass is 32.2. The number of hydrogen-bond donors (Lipinski definition) is 2. The minimum atomic E-state index is -3.56. The first-order valence-electron chi connectivity index (χ1n) is 6.03. The Morgan fingerprint density at radius 3 is 2.67 bits per heavy atom. The number of anilines is 1. The van der Waals surface area contributed by atoms with Gasteiger partial charge >= 0.3 is 0 Å². The molecule has 0 aliphatic heterocycles. The molecule has 0 unspecified atom stereocenters. The van der Waals surface area contributed by atoms with E-state index in [4.69, 9.17) is 10.5 Å². The van der Waals surface area contributed by atoms with E-state index in [1.54, 1.807) is 19.1 Å². The molecule has 1 aromatic rings. The van der Waals surface area contributed by atoms with E-state index < -0.39 is 10.0 Å². The van der Waals surface area contributed by atoms with Gasteiger partial charge in [-0.15, -0.1) is 0 Å². The largest absolute Gasteiger partial charge is 0.492 e. The van der Waals surface area contributed by atoms with Gasteiger partial charge in [-0.25, -0.2) is 13.1 Å². The smallest absolute Gasteiger partial charge is 0.244 e. The predicted molar refractivity (Wildman–Crippen MR) is 72.1 cm³/mol. The quantitative estimate of drug-likeness (QED) is 0.585. The van der Waals surface area contributed by atoms with Crippen LogP contribution in [0.3, 0.4) is 0 Å². The van der Waals surface area contributed by atoms with Gasteiger partial charge in [-0.05, 0) is 31.5 Å². The molecule has 18 heavy (non-hydrogen) atoms. The number of nitrogen functional groups attached to an aromatic ring is 1. The summed E-state index contributed by atoms with van der Waals surface area (Å²) < 4.78 is 32.1. The molecule has 0 aliphatic carbocycles. The first kappa shape index (κ1) is 14.8. The number of ether oxygens (including phenoxy) is 1. The van der Waals surface area contributed by atoms with Crippen molar-refractivity contribution in [3.63, 3.8) is 0 Å². The van der Waals surface area contributed by atoms with Crippen LogP contribution in [0.1, 0.15) is 26.7 Å². The molecule has 0 aromatic heterocycles. The zero-order valence-corrected chi connectivity index (χ0v) is 11.6. The Hall–Kier alpha value is -1.27. The standard InChI is InChI=1S/C12H20N2O3S/c1-3-5-8-14-18(15,16)12-9-10(13)6-7-11(12)17-4-2/h6-7,9,14H,3-5,8,13H2,1-2H3. The molecule has 3 N–H and O–H groups in total. The number of sulfonamides is 1. The van der Waals surface area contributed by atoms with Gasteiger partial charge in [-0.2, -0.15) is 0 Å². The van der Waals surface area contributed by atoms with Crippen LogP contribution in [0.25, 0.3) is 0 Å². The molecule has 0 bridgehead atoms. The topological polar surface area (TPSA) is 81.4 Å². The van der Waals surface area contributed by atoms with Gasteiger partial charge in [-0.3, -0.25) is 0 Å². The van der Waals surface area contributed by atoms with Gasteiger partial charge in [0.1, 0.15) is 10.6 Å². The molecule has 0 radical (unpaired) electrons. The van der Waals surface area contributed by atoms with Crippen molar-refractivity contribution in [1.82, 2.24) is 4.72 Å². The molecule has 1 aromatic carbocycles. The molecule has 1 rings (SSSR count). The summed E-state index contributed by atoms with van der Waals surface area (Å²) in [6.07, 6.45) is 1.73. The summed E-state index contributed by atoms with van der Waals surface area (Å²) in [6, 6.07) is 4.61. The lowest BCUT2D eigenvalue weighted by molar-refractivity contribution is 0.331. The fraction of sp³-hybridized carbons (Fsp3) is 0.500. The van der Waals surface area contributed by atoms with E-state index >= 15 is 0 Å². The number of nitrogens with one attached hydrogen (secondary N) is 1. The van der Waals surface area contributed by atoms with Crippen molar-refractivity contribution in [2.75, 3.05) is 18.9 Å². The maximum Gasteiger partial charge on any atom is 0.244 e. The van der Waals surface area contributed by atoms with Gasteiger partial charge in [-0.1, -0.05) is 13.3 Å². The lowest BCUT2D eigenvalue weighted by atomic mass is 10.3. The highest BCUT2D eigenvalue weighted by Gasteiger charge is 2.19. The summed E-state index contributed by atoms with van der Waals surface area (Å²) in [4.78, 5) is 0.0976. The summed E-state index contributed by atoms with van der Waals surface area (Å²) in [5, 5.41) is 0. The minimum absolute atomic E-state index is 0.0976. The maximum absolute atomic E-state index is 12.1. The van der Waals surface area contributed by atoms with E-state index in [0.29, 0.717) is 24.6 Å². The number of rotatable bonds is 7. The van der Waals surface area contributed by atoms with Crippen LogP contribution in [-0.2, 0) is 10.0 Å². The summed E-state index contributed by atoms with van der Waals surface area (Å²) in [5.41, 5.74) is 6.02. The van der Waals surface area contributed by atoms with Gasteiger partial charge < -0.3 is 10.5 Å². The van der Waals surface area contributed by atoms with E-state index in [-0.39, 0.29) is 4.90 Å². The molecule has 5 nitrogen and oxygen atoms in total. The zero-order chi connectivity index (χ0) is 13.6.